The van der Waals surface area contributed by atoms with Crippen LogP contribution in [0, 0.1) is 25.7 Å². The predicted molar refractivity (Wildman–Crippen MR) is 96.5 cm³/mol. The van der Waals surface area contributed by atoms with E-state index < -0.39 is 6.09 Å². The van der Waals surface area contributed by atoms with Gasteiger partial charge in [0.1, 0.15) is 6.61 Å². The standard InChI is InChI=1S/C20H22N2O2/c1-15-12-18(21)13-16(2)19(15)10-6-7-11-22-20(23)24-14-17-8-4-3-5-9-17/h3-5,8-9,12-13H,7,11,14,21H2,1-2H3,(H,22,23). The summed E-state index contributed by atoms with van der Waals surface area (Å²) >= 11 is 0. The fraction of sp³-hybridized carbons (Fsp3) is 0.250. The molecule has 124 valence electrons. The minimum absolute atomic E-state index is 0.266. The van der Waals surface area contributed by atoms with Gasteiger partial charge in [0.25, 0.3) is 0 Å². The van der Waals surface area contributed by atoms with Gasteiger partial charge in [-0.15, -0.1) is 0 Å². The molecule has 0 spiro atoms. The number of nitrogens with one attached hydrogen (secondary N) is 1. The molecule has 0 heterocycles. The Morgan fingerprint density at radius 3 is 2.50 bits per heavy atom. The van der Waals surface area contributed by atoms with Gasteiger partial charge in [-0.2, -0.15) is 0 Å². The van der Waals surface area contributed by atoms with Crippen LogP contribution < -0.4 is 11.1 Å². The highest BCUT2D eigenvalue weighted by atomic mass is 16.5. The molecule has 0 aliphatic carbocycles. The van der Waals surface area contributed by atoms with Crippen molar-refractivity contribution in [2.24, 2.45) is 0 Å². The molecule has 0 radical (unpaired) electrons. The summed E-state index contributed by atoms with van der Waals surface area (Å²) < 4.78 is 5.13. The summed E-state index contributed by atoms with van der Waals surface area (Å²) in [6.45, 7) is 4.70. The van der Waals surface area contributed by atoms with Crippen molar-refractivity contribution in [1.29, 1.82) is 0 Å². The molecule has 0 bridgehead atoms. The Bertz CT molecular complexity index is 735. The second kappa shape index (κ2) is 8.64. The summed E-state index contributed by atoms with van der Waals surface area (Å²) in [5.41, 5.74) is 10.6. The fourth-order valence-corrected chi connectivity index (χ4v) is 2.35. The molecule has 0 aliphatic rings. The molecule has 0 atom stereocenters. The molecule has 4 heteroatoms. The number of ether oxygens (including phenoxy) is 1. The second-order valence-electron chi connectivity index (χ2n) is 5.57. The van der Waals surface area contributed by atoms with Gasteiger partial charge < -0.3 is 15.8 Å². The first-order chi connectivity index (χ1) is 11.6. The fourth-order valence-electron chi connectivity index (χ4n) is 2.35. The molecule has 2 aromatic carbocycles. The number of amides is 1. The van der Waals surface area contributed by atoms with Gasteiger partial charge in [0.05, 0.1) is 0 Å². The van der Waals surface area contributed by atoms with Gasteiger partial charge >= 0.3 is 6.09 Å². The number of alkyl carbamates (subject to hydrolysis) is 1. The molecule has 0 unspecified atom stereocenters. The number of nitrogens with two attached hydrogens (primary N) is 1. The first kappa shape index (κ1) is 17.4. The Balaban J connectivity index is 1.74. The van der Waals surface area contributed by atoms with Crippen LogP contribution in [0.2, 0.25) is 0 Å². The summed E-state index contributed by atoms with van der Waals surface area (Å²) in [6, 6.07) is 13.4. The number of nitrogen functional groups attached to an aromatic ring is 1. The highest BCUT2D eigenvalue weighted by molar-refractivity contribution is 5.67. The maximum Gasteiger partial charge on any atom is 0.407 e. The molecular weight excluding hydrogens is 300 g/mol. The van der Waals surface area contributed by atoms with E-state index in [1.54, 1.807) is 0 Å². The van der Waals surface area contributed by atoms with Crippen LogP contribution in [0.5, 0.6) is 0 Å². The molecule has 0 saturated heterocycles. The van der Waals surface area contributed by atoms with Gasteiger partial charge in [0, 0.05) is 24.2 Å². The molecular formula is C20H22N2O2. The van der Waals surface area contributed by atoms with E-state index in [0.29, 0.717) is 13.0 Å². The zero-order valence-electron chi connectivity index (χ0n) is 14.1. The number of aryl methyl sites for hydroxylation is 2. The van der Waals surface area contributed by atoms with Crippen molar-refractivity contribution < 1.29 is 9.53 Å². The van der Waals surface area contributed by atoms with E-state index in [0.717, 1.165) is 27.9 Å². The minimum Gasteiger partial charge on any atom is -0.445 e. The van der Waals surface area contributed by atoms with Crippen molar-refractivity contribution in [2.75, 3.05) is 12.3 Å². The first-order valence-corrected chi connectivity index (χ1v) is 7.86. The quantitative estimate of drug-likeness (QED) is 0.514. The molecule has 0 saturated carbocycles. The van der Waals surface area contributed by atoms with Crippen LogP contribution in [-0.2, 0) is 11.3 Å². The SMILES string of the molecule is Cc1cc(N)cc(C)c1C#CCCNC(=O)OCc1ccccc1. The van der Waals surface area contributed by atoms with E-state index in [-0.39, 0.29) is 6.61 Å². The van der Waals surface area contributed by atoms with Crippen molar-refractivity contribution in [3.8, 4) is 11.8 Å². The van der Waals surface area contributed by atoms with Crippen molar-refractivity contribution in [2.45, 2.75) is 26.9 Å². The van der Waals surface area contributed by atoms with Crippen LogP contribution in [0.1, 0.15) is 28.7 Å². The highest BCUT2D eigenvalue weighted by Gasteiger charge is 2.02. The van der Waals surface area contributed by atoms with Crippen molar-refractivity contribution in [3.63, 3.8) is 0 Å². The third kappa shape index (κ3) is 5.36. The van der Waals surface area contributed by atoms with E-state index in [4.69, 9.17) is 10.5 Å². The predicted octanol–water partition coefficient (Wildman–Crippen LogP) is 3.55. The number of hydrogen-bond donors (Lipinski definition) is 2. The maximum absolute atomic E-state index is 11.6. The lowest BCUT2D eigenvalue weighted by molar-refractivity contribution is 0.140. The maximum atomic E-state index is 11.6. The third-order valence-corrected chi connectivity index (χ3v) is 3.50. The number of benzene rings is 2. The lowest BCUT2D eigenvalue weighted by Crippen LogP contribution is -2.24. The van der Waals surface area contributed by atoms with Crippen LogP contribution in [0.4, 0.5) is 10.5 Å². The van der Waals surface area contributed by atoms with Gasteiger partial charge in [-0.3, -0.25) is 0 Å². The smallest absolute Gasteiger partial charge is 0.407 e. The van der Waals surface area contributed by atoms with E-state index in [1.165, 1.54) is 0 Å². The van der Waals surface area contributed by atoms with Crippen molar-refractivity contribution in [3.05, 3.63) is 64.7 Å². The number of hydrogen-bond acceptors (Lipinski definition) is 3. The second-order valence-corrected chi connectivity index (χ2v) is 5.57. The van der Waals surface area contributed by atoms with Crippen molar-refractivity contribution >= 4 is 11.8 Å². The van der Waals surface area contributed by atoms with Crippen molar-refractivity contribution in [1.82, 2.24) is 5.32 Å². The van der Waals surface area contributed by atoms with E-state index in [9.17, 15) is 4.79 Å². The van der Waals surface area contributed by atoms with Gasteiger partial charge in [-0.1, -0.05) is 42.2 Å². The molecule has 3 N–H and O–H groups in total. The highest BCUT2D eigenvalue weighted by Crippen LogP contribution is 2.16. The van der Waals surface area contributed by atoms with E-state index in [1.807, 2.05) is 56.3 Å². The monoisotopic (exact) mass is 322 g/mol. The molecule has 2 rings (SSSR count). The van der Waals surface area contributed by atoms with Crippen LogP contribution in [-0.4, -0.2) is 12.6 Å². The minimum atomic E-state index is -0.430. The van der Waals surface area contributed by atoms with Crippen LogP contribution in [0.3, 0.4) is 0 Å². The largest absolute Gasteiger partial charge is 0.445 e. The molecule has 0 fully saturated rings. The Morgan fingerprint density at radius 1 is 1.17 bits per heavy atom. The lowest BCUT2D eigenvalue weighted by atomic mass is 10.0. The average molecular weight is 322 g/mol. The van der Waals surface area contributed by atoms with E-state index in [2.05, 4.69) is 17.2 Å². The van der Waals surface area contributed by atoms with Crippen LogP contribution in [0.25, 0.3) is 0 Å². The lowest BCUT2D eigenvalue weighted by Gasteiger charge is -2.06. The summed E-state index contributed by atoms with van der Waals surface area (Å²) in [7, 11) is 0. The zero-order valence-corrected chi connectivity index (χ0v) is 14.1. The summed E-state index contributed by atoms with van der Waals surface area (Å²) in [5, 5.41) is 2.69. The Hall–Kier alpha value is -2.93. The number of carbonyl (C=O) groups excluding carboxylic acids is 1. The van der Waals surface area contributed by atoms with Gasteiger partial charge in [-0.25, -0.2) is 4.79 Å². The number of anilines is 1. The Morgan fingerprint density at radius 2 is 1.83 bits per heavy atom. The van der Waals surface area contributed by atoms with Crippen LogP contribution >= 0.6 is 0 Å². The average Bonchev–Trinajstić information content (AvgIpc) is 2.55. The zero-order chi connectivity index (χ0) is 17.4. The van der Waals surface area contributed by atoms with E-state index >= 15 is 0 Å². The topological polar surface area (TPSA) is 64.3 Å². The molecule has 0 aromatic heterocycles. The molecule has 2 aromatic rings. The Kier molecular flexibility index (Phi) is 6.27. The summed E-state index contributed by atoms with van der Waals surface area (Å²) in [6.07, 6.45) is 0.129. The molecule has 1 amide bonds. The summed E-state index contributed by atoms with van der Waals surface area (Å²) in [5.74, 6) is 6.21. The normalized spacial score (nSPS) is 9.75. The van der Waals surface area contributed by atoms with Gasteiger partial charge in [0.2, 0.25) is 0 Å². The number of carbonyl (C=O) groups is 1. The first-order valence-electron chi connectivity index (χ1n) is 7.86. The molecule has 4 nitrogen and oxygen atoms in total. The van der Waals surface area contributed by atoms with Gasteiger partial charge in [0.15, 0.2) is 0 Å². The van der Waals surface area contributed by atoms with Gasteiger partial charge in [-0.05, 0) is 42.7 Å². The Labute approximate surface area is 143 Å². The number of rotatable bonds is 4. The third-order valence-electron chi connectivity index (χ3n) is 3.50. The van der Waals surface area contributed by atoms with Crippen LogP contribution in [0.15, 0.2) is 42.5 Å². The summed E-state index contributed by atoms with van der Waals surface area (Å²) in [4.78, 5) is 11.6. The molecule has 24 heavy (non-hydrogen) atoms. The molecule has 0 aliphatic heterocycles.